The number of carbonyl (C=O) groups is 2. The van der Waals surface area contributed by atoms with Gasteiger partial charge in [-0.1, -0.05) is 30.3 Å². The van der Waals surface area contributed by atoms with Gasteiger partial charge < -0.3 is 10.2 Å². The van der Waals surface area contributed by atoms with Crippen molar-refractivity contribution < 1.29 is 14.0 Å². The summed E-state index contributed by atoms with van der Waals surface area (Å²) in [5.74, 6) is -0.752. The minimum absolute atomic E-state index is 0.0142. The molecule has 2 aromatic carbocycles. The first-order chi connectivity index (χ1) is 11.6. The third-order valence-corrected chi connectivity index (χ3v) is 4.35. The summed E-state index contributed by atoms with van der Waals surface area (Å²) >= 11 is 0. The lowest BCUT2D eigenvalue weighted by Crippen LogP contribution is -2.29. The molecular formula is C19H19FN2O2. The molecule has 1 aliphatic heterocycles. The standard InChI is InChI=1S/C19H19FN2O2/c1-13(23)22-12-14(15-6-3-5-9-18(15)22)10-11-21-19(24)16-7-2-4-8-17(16)20/h2-9,14H,10-12H2,1H3,(H,21,24). The van der Waals surface area contributed by atoms with E-state index in [0.717, 1.165) is 11.3 Å². The molecule has 0 saturated carbocycles. The maximum Gasteiger partial charge on any atom is 0.254 e. The van der Waals surface area contributed by atoms with Crippen LogP contribution in [0.25, 0.3) is 0 Å². The average molecular weight is 326 g/mol. The van der Waals surface area contributed by atoms with Gasteiger partial charge in [0.25, 0.3) is 5.91 Å². The molecule has 2 aromatic rings. The van der Waals surface area contributed by atoms with E-state index >= 15 is 0 Å². The molecule has 5 heteroatoms. The van der Waals surface area contributed by atoms with Crippen molar-refractivity contribution in [2.24, 2.45) is 0 Å². The SMILES string of the molecule is CC(=O)N1CC(CCNC(=O)c2ccccc2F)c2ccccc21. The van der Waals surface area contributed by atoms with Crippen LogP contribution in [0.3, 0.4) is 0 Å². The van der Waals surface area contributed by atoms with Gasteiger partial charge in [0, 0.05) is 31.6 Å². The molecule has 24 heavy (non-hydrogen) atoms. The van der Waals surface area contributed by atoms with Crippen LogP contribution in [-0.2, 0) is 4.79 Å². The average Bonchev–Trinajstić information content (AvgIpc) is 2.94. The van der Waals surface area contributed by atoms with Gasteiger partial charge in [0.2, 0.25) is 5.91 Å². The molecule has 0 saturated heterocycles. The Labute approximate surface area is 140 Å². The molecule has 2 amide bonds. The zero-order chi connectivity index (χ0) is 17.1. The topological polar surface area (TPSA) is 49.4 Å². The van der Waals surface area contributed by atoms with Crippen molar-refractivity contribution in [2.75, 3.05) is 18.0 Å². The maximum absolute atomic E-state index is 13.6. The smallest absolute Gasteiger partial charge is 0.254 e. The fourth-order valence-corrected chi connectivity index (χ4v) is 3.14. The molecule has 0 bridgehead atoms. The molecule has 1 N–H and O–H groups in total. The van der Waals surface area contributed by atoms with Gasteiger partial charge in [-0.15, -0.1) is 0 Å². The van der Waals surface area contributed by atoms with E-state index in [1.54, 1.807) is 24.0 Å². The predicted octanol–water partition coefficient (Wildman–Crippen LogP) is 3.10. The highest BCUT2D eigenvalue weighted by Gasteiger charge is 2.30. The zero-order valence-electron chi connectivity index (χ0n) is 13.5. The lowest BCUT2D eigenvalue weighted by atomic mass is 9.98. The number of halogens is 1. The van der Waals surface area contributed by atoms with E-state index < -0.39 is 11.7 Å². The molecule has 0 radical (unpaired) electrons. The molecule has 1 atom stereocenters. The maximum atomic E-state index is 13.6. The second-order valence-corrected chi connectivity index (χ2v) is 5.91. The third kappa shape index (κ3) is 3.15. The van der Waals surface area contributed by atoms with Crippen LogP contribution in [-0.4, -0.2) is 24.9 Å². The molecule has 4 nitrogen and oxygen atoms in total. The Bertz CT molecular complexity index is 775. The van der Waals surface area contributed by atoms with Gasteiger partial charge in [-0.3, -0.25) is 9.59 Å². The zero-order valence-corrected chi connectivity index (χ0v) is 13.5. The molecular weight excluding hydrogens is 307 g/mol. The Morgan fingerprint density at radius 1 is 1.17 bits per heavy atom. The van der Waals surface area contributed by atoms with Gasteiger partial charge in [-0.25, -0.2) is 4.39 Å². The first-order valence-corrected chi connectivity index (χ1v) is 7.97. The van der Waals surface area contributed by atoms with Crippen LogP contribution < -0.4 is 10.2 Å². The molecule has 124 valence electrons. The van der Waals surface area contributed by atoms with Crippen molar-refractivity contribution in [3.63, 3.8) is 0 Å². The number of hydrogen-bond donors (Lipinski definition) is 1. The monoisotopic (exact) mass is 326 g/mol. The van der Waals surface area contributed by atoms with Crippen molar-refractivity contribution in [3.8, 4) is 0 Å². The lowest BCUT2D eigenvalue weighted by molar-refractivity contribution is -0.116. The first-order valence-electron chi connectivity index (χ1n) is 7.97. The van der Waals surface area contributed by atoms with E-state index in [9.17, 15) is 14.0 Å². The van der Waals surface area contributed by atoms with Crippen LogP contribution in [0.2, 0.25) is 0 Å². The highest BCUT2D eigenvalue weighted by Crippen LogP contribution is 2.37. The number of benzene rings is 2. The third-order valence-electron chi connectivity index (χ3n) is 4.35. The van der Waals surface area contributed by atoms with Crippen molar-refractivity contribution in [1.82, 2.24) is 5.32 Å². The van der Waals surface area contributed by atoms with E-state index in [1.165, 1.54) is 12.1 Å². The van der Waals surface area contributed by atoms with E-state index in [-0.39, 0.29) is 17.4 Å². The second kappa shape index (κ2) is 6.83. The summed E-state index contributed by atoms with van der Waals surface area (Å²) in [4.78, 5) is 25.6. The summed E-state index contributed by atoms with van der Waals surface area (Å²) in [7, 11) is 0. The van der Waals surface area contributed by atoms with Crippen LogP contribution >= 0.6 is 0 Å². The Kier molecular flexibility index (Phi) is 4.60. The quantitative estimate of drug-likeness (QED) is 0.938. The number of para-hydroxylation sites is 1. The lowest BCUT2D eigenvalue weighted by Gasteiger charge is -2.15. The number of rotatable bonds is 4. The largest absolute Gasteiger partial charge is 0.352 e. The normalized spacial score (nSPS) is 15.9. The molecule has 0 aliphatic carbocycles. The molecule has 1 heterocycles. The van der Waals surface area contributed by atoms with Crippen molar-refractivity contribution >= 4 is 17.5 Å². The van der Waals surface area contributed by atoms with Gasteiger partial charge in [0.05, 0.1) is 5.56 Å². The minimum atomic E-state index is -0.524. The Morgan fingerprint density at radius 3 is 2.62 bits per heavy atom. The molecule has 0 spiro atoms. The van der Waals surface area contributed by atoms with Crippen LogP contribution in [0.5, 0.6) is 0 Å². The fourth-order valence-electron chi connectivity index (χ4n) is 3.14. The van der Waals surface area contributed by atoms with Crippen molar-refractivity contribution in [2.45, 2.75) is 19.3 Å². The molecule has 0 aromatic heterocycles. The Hall–Kier alpha value is -2.69. The summed E-state index contributed by atoms with van der Waals surface area (Å²) in [6, 6.07) is 13.7. The van der Waals surface area contributed by atoms with Crippen LogP contribution in [0, 0.1) is 5.82 Å². The summed E-state index contributed by atoms with van der Waals surface area (Å²) in [6.07, 6.45) is 0.695. The number of amides is 2. The predicted molar refractivity (Wildman–Crippen MR) is 90.6 cm³/mol. The van der Waals surface area contributed by atoms with E-state index in [2.05, 4.69) is 5.32 Å². The van der Waals surface area contributed by atoms with Gasteiger partial charge in [0.1, 0.15) is 5.82 Å². The number of hydrogen-bond acceptors (Lipinski definition) is 2. The van der Waals surface area contributed by atoms with E-state index in [1.807, 2.05) is 24.3 Å². The molecule has 3 rings (SSSR count). The number of nitrogens with zero attached hydrogens (tertiary/aromatic N) is 1. The van der Waals surface area contributed by atoms with E-state index in [0.29, 0.717) is 19.5 Å². The number of fused-ring (bicyclic) bond motifs is 1. The van der Waals surface area contributed by atoms with Gasteiger partial charge in [-0.2, -0.15) is 0 Å². The summed E-state index contributed by atoms with van der Waals surface area (Å²) in [5, 5.41) is 2.76. The first kappa shape index (κ1) is 16.2. The number of nitrogens with one attached hydrogen (secondary N) is 1. The van der Waals surface area contributed by atoms with Gasteiger partial charge in [0.15, 0.2) is 0 Å². The summed E-state index contributed by atoms with van der Waals surface area (Å²) in [6.45, 7) is 2.60. The number of carbonyl (C=O) groups excluding carboxylic acids is 2. The van der Waals surface area contributed by atoms with Crippen molar-refractivity contribution in [1.29, 1.82) is 0 Å². The van der Waals surface area contributed by atoms with Crippen LogP contribution in [0.1, 0.15) is 35.2 Å². The van der Waals surface area contributed by atoms with Gasteiger partial charge in [-0.05, 0) is 30.2 Å². The second-order valence-electron chi connectivity index (χ2n) is 5.91. The minimum Gasteiger partial charge on any atom is -0.352 e. The molecule has 0 fully saturated rings. The molecule has 1 aliphatic rings. The summed E-state index contributed by atoms with van der Waals surface area (Å²) in [5.41, 5.74) is 2.11. The van der Waals surface area contributed by atoms with Crippen molar-refractivity contribution in [3.05, 3.63) is 65.5 Å². The van der Waals surface area contributed by atoms with Gasteiger partial charge >= 0.3 is 0 Å². The highest BCUT2D eigenvalue weighted by atomic mass is 19.1. The van der Waals surface area contributed by atoms with E-state index in [4.69, 9.17) is 0 Å². The fraction of sp³-hybridized carbons (Fsp3) is 0.263. The molecule has 1 unspecified atom stereocenters. The van der Waals surface area contributed by atoms with Crippen LogP contribution in [0.15, 0.2) is 48.5 Å². The Morgan fingerprint density at radius 2 is 1.88 bits per heavy atom. The van der Waals surface area contributed by atoms with Crippen LogP contribution in [0.4, 0.5) is 10.1 Å². The number of anilines is 1. The highest BCUT2D eigenvalue weighted by molar-refractivity contribution is 5.95. The summed E-state index contributed by atoms with van der Waals surface area (Å²) < 4.78 is 13.6. The Balaban J connectivity index is 1.63.